The second-order valence-electron chi connectivity index (χ2n) is 5.01. The van der Waals surface area contributed by atoms with E-state index in [0.717, 1.165) is 11.8 Å². The summed E-state index contributed by atoms with van der Waals surface area (Å²) in [6, 6.07) is 0. The topological polar surface area (TPSA) is 60.4 Å². The van der Waals surface area contributed by atoms with E-state index in [1.807, 2.05) is 0 Å². The van der Waals surface area contributed by atoms with Crippen LogP contribution in [0, 0.1) is 11.8 Å². The summed E-state index contributed by atoms with van der Waals surface area (Å²) >= 11 is 0. The van der Waals surface area contributed by atoms with E-state index in [0.29, 0.717) is 0 Å². The monoisotopic (exact) mass is 203 g/mol. The van der Waals surface area contributed by atoms with Gasteiger partial charge in [-0.2, -0.15) is 0 Å². The SMILES string of the molecule is CC1CC(C)C[N+](C)(C)C1.O=C([O-])O. The third-order valence-corrected chi connectivity index (χ3v) is 2.42. The average Bonchev–Trinajstić information content (AvgIpc) is 1.76. The molecule has 2 atom stereocenters. The molecule has 1 fully saturated rings. The third-order valence-electron chi connectivity index (χ3n) is 2.42. The first-order valence-corrected chi connectivity index (χ1v) is 4.95. The summed E-state index contributed by atoms with van der Waals surface area (Å²) in [4.78, 5) is 8.44. The highest BCUT2D eigenvalue weighted by Gasteiger charge is 2.28. The van der Waals surface area contributed by atoms with E-state index in [2.05, 4.69) is 27.9 Å². The summed E-state index contributed by atoms with van der Waals surface area (Å²) in [6.07, 6.45) is -0.651. The van der Waals surface area contributed by atoms with Gasteiger partial charge in [-0.05, 0) is 6.42 Å². The number of piperidine rings is 1. The lowest BCUT2D eigenvalue weighted by Gasteiger charge is -2.40. The van der Waals surface area contributed by atoms with Crippen molar-refractivity contribution in [3.63, 3.8) is 0 Å². The lowest BCUT2D eigenvalue weighted by molar-refractivity contribution is -0.902. The second kappa shape index (κ2) is 5.20. The first-order chi connectivity index (χ1) is 6.23. The highest BCUT2D eigenvalue weighted by atomic mass is 16.6. The van der Waals surface area contributed by atoms with Crippen LogP contribution in [-0.2, 0) is 0 Å². The molecule has 4 heteroatoms. The largest absolute Gasteiger partial charge is 0.565 e. The lowest BCUT2D eigenvalue weighted by atomic mass is 9.91. The minimum absolute atomic E-state index is 0.929. The Hall–Kier alpha value is -0.770. The maximum Gasteiger partial charge on any atom is 0.249 e. The van der Waals surface area contributed by atoms with Crippen molar-refractivity contribution in [2.75, 3.05) is 27.2 Å². The highest BCUT2D eigenvalue weighted by molar-refractivity contribution is 5.50. The number of rotatable bonds is 0. The number of quaternary nitrogens is 1. The van der Waals surface area contributed by atoms with Crippen molar-refractivity contribution in [3.05, 3.63) is 0 Å². The molecule has 14 heavy (non-hydrogen) atoms. The van der Waals surface area contributed by atoms with Crippen molar-refractivity contribution in [2.24, 2.45) is 11.8 Å². The predicted octanol–water partition coefficient (Wildman–Crippen LogP) is 0.626. The molecule has 1 N–H and O–H groups in total. The van der Waals surface area contributed by atoms with Crippen molar-refractivity contribution >= 4 is 6.16 Å². The Labute approximate surface area is 85.7 Å². The van der Waals surface area contributed by atoms with Gasteiger partial charge in [0.05, 0.1) is 27.2 Å². The first-order valence-electron chi connectivity index (χ1n) is 4.95. The summed E-state index contributed by atoms with van der Waals surface area (Å²) in [5.74, 6) is 1.86. The molecule has 0 aromatic heterocycles. The van der Waals surface area contributed by atoms with Gasteiger partial charge in [-0.25, -0.2) is 0 Å². The molecule has 1 heterocycles. The fourth-order valence-corrected chi connectivity index (χ4v) is 2.60. The molecular weight excluding hydrogens is 182 g/mol. The minimum atomic E-state index is -2.08. The Bertz CT molecular complexity index is 176. The van der Waals surface area contributed by atoms with Crippen LogP contribution < -0.4 is 5.11 Å². The molecule has 0 amide bonds. The molecule has 0 radical (unpaired) electrons. The molecule has 0 aromatic rings. The highest BCUT2D eigenvalue weighted by Crippen LogP contribution is 2.23. The predicted molar refractivity (Wildman–Crippen MR) is 52.8 cm³/mol. The van der Waals surface area contributed by atoms with Crippen molar-refractivity contribution < 1.29 is 19.5 Å². The zero-order valence-corrected chi connectivity index (χ0v) is 9.49. The molecule has 2 unspecified atom stereocenters. The van der Waals surface area contributed by atoms with Gasteiger partial charge in [0.25, 0.3) is 0 Å². The van der Waals surface area contributed by atoms with E-state index < -0.39 is 6.16 Å². The van der Waals surface area contributed by atoms with E-state index >= 15 is 0 Å². The fourth-order valence-electron chi connectivity index (χ4n) is 2.60. The van der Waals surface area contributed by atoms with E-state index in [9.17, 15) is 0 Å². The number of nitrogens with zero attached hydrogens (tertiary/aromatic N) is 1. The van der Waals surface area contributed by atoms with Crippen molar-refractivity contribution in [1.82, 2.24) is 0 Å². The minimum Gasteiger partial charge on any atom is -0.565 e. The van der Waals surface area contributed by atoms with Crippen LogP contribution in [0.2, 0.25) is 0 Å². The molecule has 4 nitrogen and oxygen atoms in total. The molecular formula is C10H21NO3. The van der Waals surface area contributed by atoms with Crippen molar-refractivity contribution in [3.8, 4) is 0 Å². The molecule has 1 aliphatic rings. The Morgan fingerprint density at radius 1 is 1.29 bits per heavy atom. The molecule has 0 aromatic carbocycles. The van der Waals surface area contributed by atoms with Crippen LogP contribution in [0.4, 0.5) is 4.79 Å². The van der Waals surface area contributed by atoms with Crippen LogP contribution in [0.15, 0.2) is 0 Å². The van der Waals surface area contributed by atoms with Gasteiger partial charge < -0.3 is 19.5 Å². The summed E-state index contributed by atoms with van der Waals surface area (Å²) in [7, 11) is 4.68. The maximum atomic E-state index is 8.44. The van der Waals surface area contributed by atoms with E-state index in [-0.39, 0.29) is 0 Å². The zero-order chi connectivity index (χ0) is 11.4. The average molecular weight is 203 g/mol. The normalized spacial score (nSPS) is 30.0. The fraction of sp³-hybridized carbons (Fsp3) is 0.900. The van der Waals surface area contributed by atoms with Crippen LogP contribution in [0.5, 0.6) is 0 Å². The lowest BCUT2D eigenvalue weighted by Crippen LogP contribution is -2.49. The number of carbonyl (C=O) groups is 1. The van der Waals surface area contributed by atoms with E-state index in [4.69, 9.17) is 15.0 Å². The molecule has 1 aliphatic heterocycles. The van der Waals surface area contributed by atoms with Gasteiger partial charge in [0.2, 0.25) is 6.16 Å². The Balaban J connectivity index is 0.000000364. The number of hydrogen-bond acceptors (Lipinski definition) is 2. The van der Waals surface area contributed by atoms with Gasteiger partial charge >= 0.3 is 0 Å². The van der Waals surface area contributed by atoms with Gasteiger partial charge in [0.15, 0.2) is 0 Å². The number of hydrogen-bond donors (Lipinski definition) is 1. The zero-order valence-electron chi connectivity index (χ0n) is 9.49. The van der Waals surface area contributed by atoms with Crippen LogP contribution >= 0.6 is 0 Å². The molecule has 1 saturated heterocycles. The summed E-state index contributed by atoms with van der Waals surface area (Å²) in [5, 5.41) is 15.3. The molecule has 0 spiro atoms. The van der Waals surface area contributed by atoms with E-state index in [1.54, 1.807) is 0 Å². The molecule has 1 rings (SSSR count). The number of likely N-dealkylation sites (tertiary alicyclic amines) is 1. The van der Waals surface area contributed by atoms with Crippen LogP contribution in [0.3, 0.4) is 0 Å². The van der Waals surface area contributed by atoms with Crippen LogP contribution in [-0.4, -0.2) is 42.9 Å². The summed E-state index contributed by atoms with van der Waals surface area (Å²) in [5.41, 5.74) is 0. The van der Waals surface area contributed by atoms with Crippen LogP contribution in [0.1, 0.15) is 20.3 Å². The van der Waals surface area contributed by atoms with E-state index in [1.165, 1.54) is 24.0 Å². The molecule has 84 valence electrons. The van der Waals surface area contributed by atoms with Crippen molar-refractivity contribution in [1.29, 1.82) is 0 Å². The van der Waals surface area contributed by atoms with Crippen molar-refractivity contribution in [2.45, 2.75) is 20.3 Å². The summed E-state index contributed by atoms with van der Waals surface area (Å²) in [6.45, 7) is 7.47. The first kappa shape index (κ1) is 13.2. The molecule has 0 saturated carbocycles. The second-order valence-corrected chi connectivity index (χ2v) is 5.01. The Morgan fingerprint density at radius 2 is 1.57 bits per heavy atom. The standard InChI is InChI=1S/C9H20N.CH2O3/c1-8-5-9(2)7-10(3,4)6-8;2-1(3)4/h8-9H,5-7H2,1-4H3;(H2,2,3,4)/q+1;/p-1. The van der Waals surface area contributed by atoms with Gasteiger partial charge in [0, 0.05) is 11.8 Å². The number of carboxylic acid groups (broad SMARTS) is 2. The van der Waals surface area contributed by atoms with Gasteiger partial charge in [0.1, 0.15) is 0 Å². The third kappa shape index (κ3) is 6.71. The summed E-state index contributed by atoms with van der Waals surface area (Å²) < 4.78 is 1.22. The van der Waals surface area contributed by atoms with Crippen LogP contribution in [0.25, 0.3) is 0 Å². The molecule has 0 bridgehead atoms. The quantitative estimate of drug-likeness (QED) is 0.587. The van der Waals surface area contributed by atoms with Gasteiger partial charge in [-0.15, -0.1) is 0 Å². The Kier molecular flexibility index (Phi) is 4.91. The maximum absolute atomic E-state index is 8.44. The van der Waals surface area contributed by atoms with Gasteiger partial charge in [-0.1, -0.05) is 13.8 Å². The van der Waals surface area contributed by atoms with Gasteiger partial charge in [-0.3, -0.25) is 0 Å². The Morgan fingerprint density at radius 3 is 1.79 bits per heavy atom. The molecule has 0 aliphatic carbocycles. The smallest absolute Gasteiger partial charge is 0.249 e.